The van der Waals surface area contributed by atoms with Gasteiger partial charge < -0.3 is 19.4 Å². The van der Waals surface area contributed by atoms with Crippen molar-refractivity contribution in [1.29, 1.82) is 0 Å². The van der Waals surface area contributed by atoms with Crippen LogP contribution in [0.2, 0.25) is 0 Å². The molecule has 0 spiro atoms. The van der Waals surface area contributed by atoms with Crippen LogP contribution in [0.25, 0.3) is 32.9 Å². The van der Waals surface area contributed by atoms with Crippen LogP contribution in [0.1, 0.15) is 12.5 Å². The molecule has 5 aromatic rings. The Morgan fingerprint density at radius 2 is 1.77 bits per heavy atom. The summed E-state index contributed by atoms with van der Waals surface area (Å²) in [7, 11) is 0. The second-order valence-corrected chi connectivity index (χ2v) is 8.11. The zero-order valence-electron chi connectivity index (χ0n) is 19.3. The predicted molar refractivity (Wildman–Crippen MR) is 138 cm³/mol. The van der Waals surface area contributed by atoms with Gasteiger partial charge in [-0.2, -0.15) is 0 Å². The number of carbonyl (C=O) groups is 1. The van der Waals surface area contributed by atoms with Crippen molar-refractivity contribution < 1.29 is 14.3 Å². The van der Waals surface area contributed by atoms with E-state index in [0.717, 1.165) is 33.2 Å². The number of pyridine rings is 1. The highest BCUT2D eigenvalue weighted by molar-refractivity contribution is 5.98. The van der Waals surface area contributed by atoms with Crippen molar-refractivity contribution in [2.45, 2.75) is 13.3 Å². The third-order valence-corrected chi connectivity index (χ3v) is 5.85. The molecular weight excluding hydrogens is 442 g/mol. The van der Waals surface area contributed by atoms with Crippen LogP contribution in [-0.2, 0) is 11.2 Å². The normalized spacial score (nSPS) is 11.0. The van der Waals surface area contributed by atoms with E-state index < -0.39 is 6.09 Å². The molecule has 176 valence electrons. The first kappa shape index (κ1) is 22.3. The van der Waals surface area contributed by atoms with Crippen molar-refractivity contribution in [2.24, 2.45) is 0 Å². The number of hydrogen-bond donors (Lipinski definition) is 3. The molecule has 0 unspecified atom stereocenters. The van der Waals surface area contributed by atoms with Gasteiger partial charge in [-0.25, -0.2) is 4.79 Å². The lowest BCUT2D eigenvalue weighted by atomic mass is 10.0. The zero-order chi connectivity index (χ0) is 24.2. The van der Waals surface area contributed by atoms with Gasteiger partial charge in [-0.1, -0.05) is 42.5 Å². The minimum absolute atomic E-state index is 0.199. The Balaban J connectivity index is 1.28. The maximum absolute atomic E-state index is 12.9. The number of ether oxygens (including phenoxy) is 2. The van der Waals surface area contributed by atoms with Crippen molar-refractivity contribution >= 4 is 33.6 Å². The van der Waals surface area contributed by atoms with Crippen LogP contribution in [0.5, 0.6) is 5.75 Å². The van der Waals surface area contributed by atoms with E-state index >= 15 is 0 Å². The number of amides is 1. The van der Waals surface area contributed by atoms with Gasteiger partial charge in [0.1, 0.15) is 5.75 Å². The summed E-state index contributed by atoms with van der Waals surface area (Å²) in [4.78, 5) is 31.3. The predicted octanol–water partition coefficient (Wildman–Crippen LogP) is 5.87. The van der Waals surface area contributed by atoms with Gasteiger partial charge in [0.25, 0.3) is 5.56 Å². The topological polar surface area (TPSA) is 96.2 Å². The van der Waals surface area contributed by atoms with E-state index in [-0.39, 0.29) is 12.2 Å². The monoisotopic (exact) mass is 467 g/mol. The van der Waals surface area contributed by atoms with Crippen molar-refractivity contribution in [1.82, 2.24) is 9.97 Å². The molecule has 5 rings (SSSR count). The van der Waals surface area contributed by atoms with Gasteiger partial charge in [0.2, 0.25) is 0 Å². The Hall–Kier alpha value is -4.52. The van der Waals surface area contributed by atoms with Gasteiger partial charge in [0, 0.05) is 40.3 Å². The summed E-state index contributed by atoms with van der Waals surface area (Å²) < 4.78 is 11.0. The van der Waals surface area contributed by atoms with E-state index in [1.807, 2.05) is 73.8 Å². The molecule has 1 amide bonds. The number of nitrogens with one attached hydrogen (secondary N) is 3. The van der Waals surface area contributed by atoms with Crippen LogP contribution in [0.4, 0.5) is 10.5 Å². The lowest BCUT2D eigenvalue weighted by Crippen LogP contribution is -2.16. The van der Waals surface area contributed by atoms with E-state index in [4.69, 9.17) is 9.47 Å². The molecule has 7 heteroatoms. The highest BCUT2D eigenvalue weighted by atomic mass is 16.5. The molecule has 2 aromatic heterocycles. The lowest BCUT2D eigenvalue weighted by Gasteiger charge is -2.11. The molecule has 0 aliphatic heterocycles. The summed E-state index contributed by atoms with van der Waals surface area (Å²) in [6.07, 6.45) is 1.83. The summed E-state index contributed by atoms with van der Waals surface area (Å²) in [5.41, 5.74) is 4.35. The molecule has 0 saturated heterocycles. The number of benzene rings is 3. The SMILES string of the molecule is CCOc1ccccc1CCOC(=O)Nc1ccc2cc(-c3c[nH]c4ccccc34)c(=O)[nH]c2c1. The van der Waals surface area contributed by atoms with Gasteiger partial charge in [-0.3, -0.25) is 10.1 Å². The number of para-hydroxylation sites is 2. The fourth-order valence-electron chi connectivity index (χ4n) is 4.19. The molecule has 0 aliphatic carbocycles. The standard InChI is InChI=1S/C28H25N3O4/c1-2-34-26-10-6-3-7-18(26)13-14-35-28(33)30-20-12-11-19-15-22(27(32)31-25(19)16-20)23-17-29-24-9-5-4-8-21(23)24/h3-12,15-17,29H,2,13-14H2,1H3,(H,30,33)(H,31,32). The third-order valence-electron chi connectivity index (χ3n) is 5.85. The van der Waals surface area contributed by atoms with Crippen molar-refractivity contribution in [3.8, 4) is 16.9 Å². The molecule has 35 heavy (non-hydrogen) atoms. The van der Waals surface area contributed by atoms with Gasteiger partial charge >= 0.3 is 6.09 Å². The van der Waals surface area contributed by atoms with Gasteiger partial charge in [0.05, 0.1) is 18.7 Å². The number of fused-ring (bicyclic) bond motifs is 2. The van der Waals surface area contributed by atoms with Crippen molar-refractivity contribution in [3.63, 3.8) is 0 Å². The highest BCUT2D eigenvalue weighted by Crippen LogP contribution is 2.28. The first-order valence-corrected chi connectivity index (χ1v) is 11.5. The summed E-state index contributed by atoms with van der Waals surface area (Å²) in [5.74, 6) is 0.796. The van der Waals surface area contributed by atoms with Crippen molar-refractivity contribution in [2.75, 3.05) is 18.5 Å². The number of H-pyrrole nitrogens is 2. The van der Waals surface area contributed by atoms with E-state index in [2.05, 4.69) is 15.3 Å². The van der Waals surface area contributed by atoms with Crippen LogP contribution >= 0.6 is 0 Å². The molecule has 2 heterocycles. The molecule has 0 saturated carbocycles. The molecule has 0 fully saturated rings. The maximum atomic E-state index is 12.9. The summed E-state index contributed by atoms with van der Waals surface area (Å²) >= 11 is 0. The Morgan fingerprint density at radius 1 is 0.943 bits per heavy atom. The van der Waals surface area contributed by atoms with E-state index in [1.165, 1.54) is 0 Å². The number of anilines is 1. The summed E-state index contributed by atoms with van der Waals surface area (Å²) in [6, 6.07) is 22.8. The molecule has 0 atom stereocenters. The smallest absolute Gasteiger partial charge is 0.411 e. The molecule has 0 radical (unpaired) electrons. The second kappa shape index (κ2) is 9.77. The van der Waals surface area contributed by atoms with Gasteiger partial charge in [-0.05, 0) is 48.2 Å². The van der Waals surface area contributed by atoms with Crippen LogP contribution in [0.15, 0.2) is 83.8 Å². The average Bonchev–Trinajstić information content (AvgIpc) is 3.29. The second-order valence-electron chi connectivity index (χ2n) is 8.11. The van der Waals surface area contributed by atoms with Crippen LogP contribution in [-0.4, -0.2) is 29.3 Å². The van der Waals surface area contributed by atoms with E-state index in [9.17, 15) is 9.59 Å². The molecule has 0 bridgehead atoms. The minimum atomic E-state index is -0.559. The van der Waals surface area contributed by atoms with E-state index in [0.29, 0.717) is 29.8 Å². The first-order chi connectivity index (χ1) is 17.1. The molecular formula is C28H25N3O4. The van der Waals surface area contributed by atoms with Crippen LogP contribution in [0, 0.1) is 0 Å². The fourth-order valence-corrected chi connectivity index (χ4v) is 4.19. The van der Waals surface area contributed by atoms with Crippen LogP contribution < -0.4 is 15.6 Å². The van der Waals surface area contributed by atoms with Gasteiger partial charge in [-0.15, -0.1) is 0 Å². The Labute approximate surface area is 201 Å². The highest BCUT2D eigenvalue weighted by Gasteiger charge is 2.12. The largest absolute Gasteiger partial charge is 0.494 e. The number of aromatic amines is 2. The minimum Gasteiger partial charge on any atom is -0.494 e. The Bertz CT molecular complexity index is 1570. The summed E-state index contributed by atoms with van der Waals surface area (Å²) in [5, 5.41) is 4.57. The summed E-state index contributed by atoms with van der Waals surface area (Å²) in [6.45, 7) is 2.72. The Kier molecular flexibility index (Phi) is 6.22. The van der Waals surface area contributed by atoms with Crippen molar-refractivity contribution in [3.05, 3.63) is 94.9 Å². The average molecular weight is 468 g/mol. The molecule has 3 aromatic carbocycles. The number of aromatic nitrogens is 2. The van der Waals surface area contributed by atoms with Gasteiger partial charge in [0.15, 0.2) is 0 Å². The fraction of sp³-hybridized carbons (Fsp3) is 0.143. The molecule has 7 nitrogen and oxygen atoms in total. The Morgan fingerprint density at radius 3 is 2.66 bits per heavy atom. The lowest BCUT2D eigenvalue weighted by molar-refractivity contribution is 0.162. The van der Waals surface area contributed by atoms with Crippen LogP contribution in [0.3, 0.4) is 0 Å². The first-order valence-electron chi connectivity index (χ1n) is 11.5. The number of carbonyl (C=O) groups excluding carboxylic acids is 1. The number of hydrogen-bond acceptors (Lipinski definition) is 4. The quantitative estimate of drug-likeness (QED) is 0.279. The maximum Gasteiger partial charge on any atom is 0.411 e. The molecule has 0 aliphatic rings. The molecule has 3 N–H and O–H groups in total. The van der Waals surface area contributed by atoms with E-state index in [1.54, 1.807) is 12.1 Å². The number of rotatable bonds is 7. The zero-order valence-corrected chi connectivity index (χ0v) is 19.3. The third kappa shape index (κ3) is 4.75.